The Labute approximate surface area is 151 Å². The average Bonchev–Trinajstić information content (AvgIpc) is 2.64. The molecule has 6 nitrogen and oxygen atoms in total. The number of benzene rings is 2. The van der Waals surface area contributed by atoms with E-state index in [2.05, 4.69) is 5.32 Å². The lowest BCUT2D eigenvalue weighted by Gasteiger charge is -2.23. The topological polar surface area (TPSA) is 67.9 Å². The molecule has 7 heteroatoms. The van der Waals surface area contributed by atoms with Gasteiger partial charge in [-0.05, 0) is 30.3 Å². The van der Waals surface area contributed by atoms with Crippen LogP contribution in [-0.2, 0) is 4.79 Å². The van der Waals surface area contributed by atoms with Gasteiger partial charge in [0.2, 0.25) is 5.91 Å². The number of methoxy groups -OCH3 is 2. The third-order valence-corrected chi connectivity index (χ3v) is 3.77. The number of rotatable bonds is 7. The smallest absolute Gasteiger partial charge is 0.251 e. The number of hydrogen-bond donors (Lipinski definition) is 1. The molecule has 0 heterocycles. The molecule has 0 aliphatic rings. The van der Waals surface area contributed by atoms with Crippen LogP contribution < -0.4 is 19.7 Å². The zero-order valence-corrected chi connectivity index (χ0v) is 14.9. The van der Waals surface area contributed by atoms with Gasteiger partial charge in [-0.3, -0.25) is 9.59 Å². The van der Waals surface area contributed by atoms with Crippen LogP contribution >= 0.6 is 0 Å². The molecule has 0 spiro atoms. The number of nitrogens with zero attached hydrogens (tertiary/aromatic N) is 1. The summed E-state index contributed by atoms with van der Waals surface area (Å²) < 4.78 is 23.7. The fourth-order valence-corrected chi connectivity index (χ4v) is 2.47. The van der Waals surface area contributed by atoms with Crippen LogP contribution in [0.3, 0.4) is 0 Å². The van der Waals surface area contributed by atoms with Gasteiger partial charge < -0.3 is 19.7 Å². The first-order valence-corrected chi connectivity index (χ1v) is 8.00. The molecule has 2 aromatic carbocycles. The first kappa shape index (κ1) is 19.2. The van der Waals surface area contributed by atoms with Crippen molar-refractivity contribution >= 4 is 17.5 Å². The second-order valence-corrected chi connectivity index (χ2v) is 5.47. The molecule has 1 N–H and O–H groups in total. The standard InChI is InChI=1S/C19H21FN2O4/c1-13(23)22(17-8-7-16(25-2)12-18(17)26-3)10-9-21-19(24)14-5-4-6-15(20)11-14/h4-8,11-12H,9-10H2,1-3H3,(H,21,24). The van der Waals surface area contributed by atoms with Crippen molar-refractivity contribution in [1.82, 2.24) is 5.32 Å². The van der Waals surface area contributed by atoms with Gasteiger partial charge in [-0.25, -0.2) is 4.39 Å². The van der Waals surface area contributed by atoms with Crippen LogP contribution in [0, 0.1) is 5.82 Å². The van der Waals surface area contributed by atoms with Crippen molar-refractivity contribution in [2.45, 2.75) is 6.92 Å². The summed E-state index contributed by atoms with van der Waals surface area (Å²) >= 11 is 0. The summed E-state index contributed by atoms with van der Waals surface area (Å²) in [5, 5.41) is 2.68. The Morgan fingerprint density at radius 1 is 1.12 bits per heavy atom. The van der Waals surface area contributed by atoms with Crippen molar-refractivity contribution < 1.29 is 23.5 Å². The van der Waals surface area contributed by atoms with Gasteiger partial charge in [-0.2, -0.15) is 0 Å². The number of amides is 2. The molecule has 0 fully saturated rings. The first-order chi connectivity index (χ1) is 12.5. The molecular weight excluding hydrogens is 339 g/mol. The van der Waals surface area contributed by atoms with Crippen molar-refractivity contribution in [3.05, 3.63) is 53.8 Å². The summed E-state index contributed by atoms with van der Waals surface area (Å²) in [6.45, 7) is 1.86. The Hall–Kier alpha value is -3.09. The summed E-state index contributed by atoms with van der Waals surface area (Å²) in [6.07, 6.45) is 0. The van der Waals surface area contributed by atoms with E-state index in [-0.39, 0.29) is 24.6 Å². The van der Waals surface area contributed by atoms with Crippen molar-refractivity contribution in [2.24, 2.45) is 0 Å². The summed E-state index contributed by atoms with van der Waals surface area (Å²) in [4.78, 5) is 25.6. The van der Waals surface area contributed by atoms with Crippen molar-refractivity contribution in [2.75, 3.05) is 32.2 Å². The van der Waals surface area contributed by atoms with Gasteiger partial charge in [0.25, 0.3) is 5.91 Å². The first-order valence-electron chi connectivity index (χ1n) is 8.00. The van der Waals surface area contributed by atoms with Crippen molar-refractivity contribution in [1.29, 1.82) is 0 Å². The van der Waals surface area contributed by atoms with Gasteiger partial charge in [0.05, 0.1) is 19.9 Å². The lowest BCUT2D eigenvalue weighted by Crippen LogP contribution is -2.37. The van der Waals surface area contributed by atoms with E-state index in [1.165, 1.54) is 37.1 Å². The van der Waals surface area contributed by atoms with Crippen LogP contribution in [0.15, 0.2) is 42.5 Å². The molecule has 0 aromatic heterocycles. The number of anilines is 1. The molecule has 0 aliphatic heterocycles. The molecule has 2 rings (SSSR count). The number of halogens is 1. The molecule has 0 bridgehead atoms. The SMILES string of the molecule is COc1ccc(N(CCNC(=O)c2cccc(F)c2)C(C)=O)c(OC)c1. The van der Waals surface area contributed by atoms with E-state index < -0.39 is 11.7 Å². The van der Waals surface area contributed by atoms with E-state index in [4.69, 9.17) is 9.47 Å². The van der Waals surface area contributed by atoms with E-state index in [9.17, 15) is 14.0 Å². The summed E-state index contributed by atoms with van der Waals surface area (Å²) in [6, 6.07) is 10.5. The lowest BCUT2D eigenvalue weighted by molar-refractivity contribution is -0.116. The molecule has 2 amide bonds. The van der Waals surface area contributed by atoms with Crippen LogP contribution in [0.25, 0.3) is 0 Å². The van der Waals surface area contributed by atoms with Gasteiger partial charge in [0.15, 0.2) is 0 Å². The van der Waals surface area contributed by atoms with Gasteiger partial charge >= 0.3 is 0 Å². The Morgan fingerprint density at radius 2 is 1.88 bits per heavy atom. The number of nitrogens with one attached hydrogen (secondary N) is 1. The van der Waals surface area contributed by atoms with Gasteiger partial charge in [0, 0.05) is 31.6 Å². The van der Waals surface area contributed by atoms with E-state index in [1.54, 1.807) is 25.3 Å². The van der Waals surface area contributed by atoms with Gasteiger partial charge in [-0.15, -0.1) is 0 Å². The van der Waals surface area contributed by atoms with E-state index >= 15 is 0 Å². The fraction of sp³-hybridized carbons (Fsp3) is 0.263. The van der Waals surface area contributed by atoms with E-state index in [1.807, 2.05) is 0 Å². The third-order valence-electron chi connectivity index (χ3n) is 3.77. The number of carbonyl (C=O) groups excluding carboxylic acids is 2. The van der Waals surface area contributed by atoms with Gasteiger partial charge in [-0.1, -0.05) is 6.07 Å². The molecular formula is C19H21FN2O4. The predicted octanol–water partition coefficient (Wildman–Crippen LogP) is 2.63. The summed E-state index contributed by atoms with van der Waals surface area (Å²) in [7, 11) is 3.04. The van der Waals surface area contributed by atoms with E-state index in [0.717, 1.165) is 6.07 Å². The maximum Gasteiger partial charge on any atom is 0.251 e. The average molecular weight is 360 g/mol. The van der Waals surface area contributed by atoms with Crippen molar-refractivity contribution in [3.8, 4) is 11.5 Å². The minimum Gasteiger partial charge on any atom is -0.497 e. The fourth-order valence-electron chi connectivity index (χ4n) is 2.47. The Balaban J connectivity index is 2.07. The molecule has 0 unspecified atom stereocenters. The number of hydrogen-bond acceptors (Lipinski definition) is 4. The summed E-state index contributed by atoms with van der Waals surface area (Å²) in [5.74, 6) is -0.00123. The second-order valence-electron chi connectivity index (χ2n) is 5.47. The number of carbonyl (C=O) groups is 2. The Bertz CT molecular complexity index is 795. The van der Waals surface area contributed by atoms with Crippen LogP contribution in [0.2, 0.25) is 0 Å². The summed E-state index contributed by atoms with van der Waals surface area (Å²) in [5.41, 5.74) is 0.794. The lowest BCUT2D eigenvalue weighted by atomic mass is 10.2. The molecule has 0 saturated carbocycles. The third kappa shape index (κ3) is 4.72. The van der Waals surface area contributed by atoms with E-state index in [0.29, 0.717) is 17.2 Å². The highest BCUT2D eigenvalue weighted by atomic mass is 19.1. The Kier molecular flexibility index (Phi) is 6.54. The maximum absolute atomic E-state index is 13.2. The predicted molar refractivity (Wildman–Crippen MR) is 96.3 cm³/mol. The molecule has 0 saturated heterocycles. The van der Waals surface area contributed by atoms with Crippen molar-refractivity contribution in [3.63, 3.8) is 0 Å². The van der Waals surface area contributed by atoms with Crippen LogP contribution in [0.1, 0.15) is 17.3 Å². The van der Waals surface area contributed by atoms with Crippen LogP contribution in [-0.4, -0.2) is 39.1 Å². The quantitative estimate of drug-likeness (QED) is 0.824. The molecule has 0 aliphatic carbocycles. The molecule has 26 heavy (non-hydrogen) atoms. The molecule has 0 radical (unpaired) electrons. The molecule has 0 atom stereocenters. The monoisotopic (exact) mass is 360 g/mol. The van der Waals surface area contributed by atoms with Gasteiger partial charge in [0.1, 0.15) is 17.3 Å². The maximum atomic E-state index is 13.2. The highest BCUT2D eigenvalue weighted by Gasteiger charge is 2.17. The normalized spacial score (nSPS) is 10.2. The second kappa shape index (κ2) is 8.84. The zero-order chi connectivity index (χ0) is 19.1. The number of ether oxygens (including phenoxy) is 2. The van der Waals surface area contributed by atoms with Crippen LogP contribution in [0.4, 0.5) is 10.1 Å². The molecule has 2 aromatic rings. The molecule has 138 valence electrons. The highest BCUT2D eigenvalue weighted by molar-refractivity contribution is 5.95. The highest BCUT2D eigenvalue weighted by Crippen LogP contribution is 2.32. The minimum atomic E-state index is -0.481. The van der Waals surface area contributed by atoms with Crippen LogP contribution in [0.5, 0.6) is 11.5 Å². The largest absolute Gasteiger partial charge is 0.497 e. The Morgan fingerprint density at radius 3 is 2.50 bits per heavy atom. The minimum absolute atomic E-state index is 0.199. The zero-order valence-electron chi connectivity index (χ0n) is 14.9.